The van der Waals surface area contributed by atoms with Crippen LogP contribution in [0.4, 0.5) is 0 Å². The van der Waals surface area contributed by atoms with Crippen LogP contribution in [-0.2, 0) is 10.2 Å². The minimum absolute atomic E-state index is 0.0356. The van der Waals surface area contributed by atoms with Crippen LogP contribution in [0.25, 0.3) is 0 Å². The summed E-state index contributed by atoms with van der Waals surface area (Å²) in [4.78, 5) is 14.9. The van der Waals surface area contributed by atoms with Crippen molar-refractivity contribution in [3.05, 3.63) is 34.9 Å². The Morgan fingerprint density at radius 3 is 2.65 bits per heavy atom. The van der Waals surface area contributed by atoms with Crippen molar-refractivity contribution in [2.75, 3.05) is 13.2 Å². The van der Waals surface area contributed by atoms with Crippen LogP contribution in [0.15, 0.2) is 24.3 Å². The zero-order chi connectivity index (χ0) is 14.2. The second-order valence-corrected chi connectivity index (χ2v) is 6.34. The Morgan fingerprint density at radius 2 is 2.15 bits per heavy atom. The van der Waals surface area contributed by atoms with Gasteiger partial charge in [0.15, 0.2) is 0 Å². The summed E-state index contributed by atoms with van der Waals surface area (Å²) in [5.41, 5.74) is 0.632. The summed E-state index contributed by atoms with van der Waals surface area (Å²) in [6, 6.07) is 8.02. The fraction of sp³-hybridized carbons (Fsp3) is 0.562. The number of hydrogen-bond donors (Lipinski definition) is 1. The molecule has 0 spiro atoms. The maximum Gasteiger partial charge on any atom is 0.233 e. The van der Waals surface area contributed by atoms with E-state index >= 15 is 0 Å². The standard InChI is InChI=1S/C16H20ClNO2/c17-13-4-1-3-12(11-13)16(7-2-8-16)15(20)18(9-10-19)14-5-6-14/h1,3-4,11,14,19H,2,5-10H2. The van der Waals surface area contributed by atoms with E-state index in [1.54, 1.807) is 0 Å². The SMILES string of the molecule is O=C(N(CCO)C1CC1)C1(c2cccc(Cl)c2)CCC1. The molecular formula is C16H20ClNO2. The predicted molar refractivity (Wildman–Crippen MR) is 78.8 cm³/mol. The molecule has 2 aliphatic rings. The lowest BCUT2D eigenvalue weighted by Crippen LogP contribution is -2.52. The molecule has 1 N–H and O–H groups in total. The van der Waals surface area contributed by atoms with Gasteiger partial charge in [-0.2, -0.15) is 0 Å². The van der Waals surface area contributed by atoms with Crippen LogP contribution in [-0.4, -0.2) is 35.1 Å². The lowest BCUT2D eigenvalue weighted by atomic mass is 9.63. The minimum atomic E-state index is -0.400. The average Bonchev–Trinajstić information content (AvgIpc) is 3.19. The molecule has 0 atom stereocenters. The molecule has 0 saturated heterocycles. The number of carbonyl (C=O) groups is 1. The van der Waals surface area contributed by atoms with Crippen LogP contribution >= 0.6 is 11.6 Å². The first-order valence-electron chi connectivity index (χ1n) is 7.35. The van der Waals surface area contributed by atoms with Crippen molar-refractivity contribution in [3.8, 4) is 0 Å². The van der Waals surface area contributed by atoms with Crippen molar-refractivity contribution in [2.24, 2.45) is 0 Å². The maximum atomic E-state index is 13.0. The number of amides is 1. The number of nitrogens with zero attached hydrogens (tertiary/aromatic N) is 1. The Balaban J connectivity index is 1.89. The van der Waals surface area contributed by atoms with Crippen LogP contribution in [0.1, 0.15) is 37.7 Å². The smallest absolute Gasteiger partial charge is 0.233 e. The summed E-state index contributed by atoms with van der Waals surface area (Å²) in [6.07, 6.45) is 4.99. The van der Waals surface area contributed by atoms with Gasteiger partial charge in [0.05, 0.1) is 12.0 Å². The van der Waals surface area contributed by atoms with Gasteiger partial charge in [-0.15, -0.1) is 0 Å². The number of aliphatic hydroxyl groups is 1. The monoisotopic (exact) mass is 293 g/mol. The molecule has 3 rings (SSSR count). The van der Waals surface area contributed by atoms with Gasteiger partial charge in [-0.1, -0.05) is 30.2 Å². The molecule has 4 heteroatoms. The first-order chi connectivity index (χ1) is 9.67. The summed E-state index contributed by atoms with van der Waals surface area (Å²) in [5.74, 6) is 0.183. The third-order valence-corrected chi connectivity index (χ3v) is 4.82. The van der Waals surface area contributed by atoms with Crippen molar-refractivity contribution >= 4 is 17.5 Å². The molecule has 108 valence electrons. The van der Waals surface area contributed by atoms with Gasteiger partial charge in [-0.25, -0.2) is 0 Å². The molecule has 0 aliphatic heterocycles. The highest BCUT2D eigenvalue weighted by molar-refractivity contribution is 6.30. The fourth-order valence-corrected chi connectivity index (χ4v) is 3.35. The van der Waals surface area contributed by atoms with E-state index < -0.39 is 5.41 Å². The molecule has 0 aromatic heterocycles. The molecule has 2 fully saturated rings. The van der Waals surface area contributed by atoms with E-state index in [9.17, 15) is 9.90 Å². The van der Waals surface area contributed by atoms with E-state index in [1.807, 2.05) is 29.2 Å². The molecule has 3 nitrogen and oxygen atoms in total. The number of benzene rings is 1. The third kappa shape index (κ3) is 2.33. The van der Waals surface area contributed by atoms with Gasteiger partial charge in [0.2, 0.25) is 5.91 Å². The molecule has 1 amide bonds. The molecule has 20 heavy (non-hydrogen) atoms. The van der Waals surface area contributed by atoms with Crippen LogP contribution in [0.2, 0.25) is 5.02 Å². The molecular weight excluding hydrogens is 274 g/mol. The topological polar surface area (TPSA) is 40.5 Å². The van der Waals surface area contributed by atoms with Crippen LogP contribution in [0, 0.1) is 0 Å². The van der Waals surface area contributed by atoms with E-state index in [0.717, 1.165) is 37.7 Å². The van der Waals surface area contributed by atoms with E-state index in [2.05, 4.69) is 0 Å². The largest absolute Gasteiger partial charge is 0.395 e. The average molecular weight is 294 g/mol. The lowest BCUT2D eigenvalue weighted by Gasteiger charge is -2.44. The number of carbonyl (C=O) groups excluding carboxylic acids is 1. The highest BCUT2D eigenvalue weighted by atomic mass is 35.5. The highest BCUT2D eigenvalue weighted by Crippen LogP contribution is 2.47. The van der Waals surface area contributed by atoms with Crippen LogP contribution in [0.3, 0.4) is 0 Å². The van der Waals surface area contributed by atoms with E-state index in [4.69, 9.17) is 11.6 Å². The Morgan fingerprint density at radius 1 is 1.40 bits per heavy atom. The summed E-state index contributed by atoms with van der Waals surface area (Å²) in [6.45, 7) is 0.486. The molecule has 2 aliphatic carbocycles. The molecule has 0 unspecified atom stereocenters. The van der Waals surface area contributed by atoms with Gasteiger partial charge < -0.3 is 10.0 Å². The molecule has 1 aromatic carbocycles. The van der Waals surface area contributed by atoms with Crippen LogP contribution < -0.4 is 0 Å². The molecule has 0 radical (unpaired) electrons. The van der Waals surface area contributed by atoms with Crippen molar-refractivity contribution in [1.82, 2.24) is 4.90 Å². The third-order valence-electron chi connectivity index (χ3n) is 4.58. The second kappa shape index (κ2) is 5.38. The van der Waals surface area contributed by atoms with E-state index in [-0.39, 0.29) is 12.5 Å². The molecule has 0 heterocycles. The molecule has 0 bridgehead atoms. The number of halogens is 1. The van der Waals surface area contributed by atoms with Crippen molar-refractivity contribution in [1.29, 1.82) is 0 Å². The fourth-order valence-electron chi connectivity index (χ4n) is 3.16. The van der Waals surface area contributed by atoms with Gasteiger partial charge >= 0.3 is 0 Å². The lowest BCUT2D eigenvalue weighted by molar-refractivity contribution is -0.142. The van der Waals surface area contributed by atoms with Gasteiger partial charge in [0, 0.05) is 17.6 Å². The Hall–Kier alpha value is -1.06. The number of rotatable bonds is 5. The first-order valence-corrected chi connectivity index (χ1v) is 7.73. The quantitative estimate of drug-likeness (QED) is 0.907. The summed E-state index contributed by atoms with van der Waals surface area (Å²) in [7, 11) is 0. The number of aliphatic hydroxyl groups excluding tert-OH is 1. The molecule has 1 aromatic rings. The second-order valence-electron chi connectivity index (χ2n) is 5.90. The number of hydrogen-bond acceptors (Lipinski definition) is 2. The summed E-state index contributed by atoms with van der Waals surface area (Å²) < 4.78 is 0. The van der Waals surface area contributed by atoms with Crippen LogP contribution in [0.5, 0.6) is 0 Å². The highest BCUT2D eigenvalue weighted by Gasteiger charge is 2.49. The molecule has 2 saturated carbocycles. The Bertz CT molecular complexity index is 509. The van der Waals surface area contributed by atoms with Crippen molar-refractivity contribution < 1.29 is 9.90 Å². The predicted octanol–water partition coefficient (Wildman–Crippen LogP) is 2.75. The van der Waals surface area contributed by atoms with Gasteiger partial charge in [0.25, 0.3) is 0 Å². The Labute approximate surface area is 124 Å². The van der Waals surface area contributed by atoms with Crippen molar-refractivity contribution in [3.63, 3.8) is 0 Å². The van der Waals surface area contributed by atoms with Crippen molar-refractivity contribution in [2.45, 2.75) is 43.6 Å². The first kappa shape index (κ1) is 13.9. The summed E-state index contributed by atoms with van der Waals surface area (Å²) in [5, 5.41) is 9.90. The zero-order valence-corrected chi connectivity index (χ0v) is 12.3. The van der Waals surface area contributed by atoms with E-state index in [1.165, 1.54) is 0 Å². The zero-order valence-electron chi connectivity index (χ0n) is 11.5. The summed E-state index contributed by atoms with van der Waals surface area (Å²) >= 11 is 6.09. The minimum Gasteiger partial charge on any atom is -0.395 e. The Kier molecular flexibility index (Phi) is 3.74. The van der Waals surface area contributed by atoms with E-state index in [0.29, 0.717) is 17.6 Å². The maximum absolute atomic E-state index is 13.0. The normalized spacial score (nSPS) is 20.3. The van der Waals surface area contributed by atoms with Gasteiger partial charge in [0.1, 0.15) is 0 Å². The van der Waals surface area contributed by atoms with Gasteiger partial charge in [-0.05, 0) is 43.4 Å². The van der Waals surface area contributed by atoms with Gasteiger partial charge in [-0.3, -0.25) is 4.79 Å².